The van der Waals surface area contributed by atoms with Gasteiger partial charge in [-0.15, -0.1) is 0 Å². The number of hydrogen-bond acceptors (Lipinski definition) is 2. The molecule has 1 rings (SSSR count). The summed E-state index contributed by atoms with van der Waals surface area (Å²) in [7, 11) is 0. The van der Waals surface area contributed by atoms with E-state index in [-0.39, 0.29) is 11.8 Å². The zero-order chi connectivity index (χ0) is 9.68. The fourth-order valence-corrected chi connectivity index (χ4v) is 1.26. The molecule has 1 atom stereocenters. The molecule has 0 unspecified atom stereocenters. The molecule has 1 N–H and O–H groups in total. The maximum Gasteiger partial charge on any atom is 0.237 e. The van der Waals surface area contributed by atoms with Crippen LogP contribution in [0.5, 0.6) is 0 Å². The van der Waals surface area contributed by atoms with Crippen LogP contribution in [-0.2, 0) is 4.79 Å². The summed E-state index contributed by atoms with van der Waals surface area (Å²) in [5, 5.41) is 1.94. The van der Waals surface area contributed by atoms with E-state index < -0.39 is 0 Å². The molecule has 13 heavy (non-hydrogen) atoms. The first-order valence-corrected chi connectivity index (χ1v) is 5.29. The molecule has 3 heteroatoms. The lowest BCUT2D eigenvalue weighted by Gasteiger charge is -2.11. The number of rotatable bonds is 6. The van der Waals surface area contributed by atoms with E-state index in [2.05, 4.69) is 12.3 Å². The second kappa shape index (κ2) is 5.22. The molecule has 1 aliphatic heterocycles. The summed E-state index contributed by atoms with van der Waals surface area (Å²) in [5.74, 6) is 0.362. The van der Waals surface area contributed by atoms with E-state index >= 15 is 0 Å². The molecule has 0 aromatic carbocycles. The summed E-state index contributed by atoms with van der Waals surface area (Å²) in [6.07, 6.45) is 4.65. The molecule has 0 saturated carbocycles. The predicted molar refractivity (Wildman–Crippen MR) is 53.0 cm³/mol. The number of carbonyl (C=O) groups is 1. The van der Waals surface area contributed by atoms with Crippen molar-refractivity contribution < 1.29 is 4.79 Å². The summed E-state index contributed by atoms with van der Waals surface area (Å²) < 4.78 is 0. The molecule has 76 valence electrons. The molecule has 0 aliphatic carbocycles. The van der Waals surface area contributed by atoms with Crippen molar-refractivity contribution in [1.29, 1.82) is 0 Å². The Balaban J connectivity index is 2.05. The monoisotopic (exact) mass is 184 g/mol. The van der Waals surface area contributed by atoms with Gasteiger partial charge in [0.05, 0.1) is 0 Å². The Morgan fingerprint density at radius 3 is 2.69 bits per heavy atom. The number of hydrogen-bond donors (Lipinski definition) is 1. The van der Waals surface area contributed by atoms with E-state index in [1.54, 1.807) is 0 Å². The van der Waals surface area contributed by atoms with Crippen LogP contribution in [0, 0.1) is 5.92 Å². The molecule has 0 bridgehead atoms. The smallest absolute Gasteiger partial charge is 0.237 e. The van der Waals surface area contributed by atoms with Gasteiger partial charge >= 0.3 is 0 Å². The van der Waals surface area contributed by atoms with E-state index in [9.17, 15) is 4.79 Å². The first-order valence-electron chi connectivity index (χ1n) is 5.29. The van der Waals surface area contributed by atoms with Crippen molar-refractivity contribution in [2.24, 2.45) is 5.92 Å². The van der Waals surface area contributed by atoms with Crippen LogP contribution in [-0.4, -0.2) is 24.0 Å². The summed E-state index contributed by atoms with van der Waals surface area (Å²) >= 11 is 0. The van der Waals surface area contributed by atoms with Gasteiger partial charge in [-0.05, 0) is 6.42 Å². The van der Waals surface area contributed by atoms with Crippen molar-refractivity contribution in [2.75, 3.05) is 13.1 Å². The van der Waals surface area contributed by atoms with Gasteiger partial charge in [0.15, 0.2) is 0 Å². The molecule has 0 radical (unpaired) electrons. The van der Waals surface area contributed by atoms with Gasteiger partial charge < -0.3 is 0 Å². The maximum atomic E-state index is 11.4. The van der Waals surface area contributed by atoms with Gasteiger partial charge in [0, 0.05) is 19.0 Å². The molecule has 1 saturated heterocycles. The van der Waals surface area contributed by atoms with Gasteiger partial charge in [-0.2, -0.15) is 0 Å². The SMILES string of the molecule is CCCCC[C@H](C)C(=O)NN1CC1. The Morgan fingerprint density at radius 1 is 1.46 bits per heavy atom. The lowest BCUT2D eigenvalue weighted by molar-refractivity contribution is -0.127. The summed E-state index contributed by atoms with van der Waals surface area (Å²) in [6.45, 7) is 6.23. The fourth-order valence-electron chi connectivity index (χ4n) is 1.26. The zero-order valence-electron chi connectivity index (χ0n) is 8.68. The van der Waals surface area contributed by atoms with Crippen molar-refractivity contribution in [3.63, 3.8) is 0 Å². The minimum Gasteiger partial charge on any atom is -0.289 e. The van der Waals surface area contributed by atoms with Crippen LogP contribution < -0.4 is 5.43 Å². The highest BCUT2D eigenvalue weighted by Crippen LogP contribution is 2.10. The maximum absolute atomic E-state index is 11.4. The number of nitrogens with one attached hydrogen (secondary N) is 1. The fraction of sp³-hybridized carbons (Fsp3) is 0.900. The van der Waals surface area contributed by atoms with E-state index in [1.807, 2.05) is 11.9 Å². The number of hydrazine groups is 1. The third-order valence-corrected chi connectivity index (χ3v) is 2.40. The highest BCUT2D eigenvalue weighted by molar-refractivity contribution is 5.77. The Hall–Kier alpha value is -0.570. The Morgan fingerprint density at radius 2 is 2.15 bits per heavy atom. The van der Waals surface area contributed by atoms with Gasteiger partial charge in [-0.3, -0.25) is 10.2 Å². The van der Waals surface area contributed by atoms with Crippen molar-refractivity contribution in [3.8, 4) is 0 Å². The van der Waals surface area contributed by atoms with Crippen LogP contribution in [0.25, 0.3) is 0 Å². The standard InChI is InChI=1S/C10H20N2O/c1-3-4-5-6-9(2)10(13)11-12-7-8-12/h9H,3-8H2,1-2H3,(H,11,13)/t9-/m0/s1. The Labute approximate surface area is 80.5 Å². The quantitative estimate of drug-likeness (QED) is 0.502. The lowest BCUT2D eigenvalue weighted by atomic mass is 10.0. The average molecular weight is 184 g/mol. The first kappa shape index (κ1) is 10.5. The average Bonchev–Trinajstić information content (AvgIpc) is 2.88. The summed E-state index contributed by atoms with van der Waals surface area (Å²) in [5.41, 5.74) is 2.87. The largest absolute Gasteiger partial charge is 0.289 e. The molecular weight excluding hydrogens is 164 g/mol. The number of amides is 1. The van der Waals surface area contributed by atoms with Gasteiger partial charge in [0.1, 0.15) is 0 Å². The Bertz CT molecular complexity index is 166. The van der Waals surface area contributed by atoms with Crippen LogP contribution in [0.2, 0.25) is 0 Å². The van der Waals surface area contributed by atoms with Crippen LogP contribution in [0.15, 0.2) is 0 Å². The molecular formula is C10H20N2O. The summed E-state index contributed by atoms with van der Waals surface area (Å²) in [6, 6.07) is 0. The zero-order valence-corrected chi connectivity index (χ0v) is 8.68. The van der Waals surface area contributed by atoms with E-state index in [1.165, 1.54) is 19.3 Å². The van der Waals surface area contributed by atoms with Crippen LogP contribution in [0.1, 0.15) is 39.5 Å². The minimum absolute atomic E-state index is 0.173. The lowest BCUT2D eigenvalue weighted by Crippen LogP contribution is -2.33. The molecule has 0 aromatic rings. The predicted octanol–water partition coefficient (Wildman–Crippen LogP) is 1.55. The first-order chi connectivity index (χ1) is 6.24. The number of carbonyl (C=O) groups excluding carboxylic acids is 1. The number of unbranched alkanes of at least 4 members (excludes halogenated alkanes) is 2. The Kier molecular flexibility index (Phi) is 4.22. The van der Waals surface area contributed by atoms with Crippen molar-refractivity contribution >= 4 is 5.91 Å². The van der Waals surface area contributed by atoms with Crippen molar-refractivity contribution in [3.05, 3.63) is 0 Å². The van der Waals surface area contributed by atoms with Crippen LogP contribution >= 0.6 is 0 Å². The third kappa shape index (κ3) is 4.27. The number of nitrogens with zero attached hydrogens (tertiary/aromatic N) is 1. The van der Waals surface area contributed by atoms with Crippen molar-refractivity contribution in [2.45, 2.75) is 39.5 Å². The van der Waals surface area contributed by atoms with E-state index in [4.69, 9.17) is 0 Å². The van der Waals surface area contributed by atoms with Gasteiger partial charge in [0.2, 0.25) is 5.91 Å². The van der Waals surface area contributed by atoms with Gasteiger partial charge in [0.25, 0.3) is 0 Å². The van der Waals surface area contributed by atoms with Crippen molar-refractivity contribution in [1.82, 2.24) is 10.4 Å². The molecule has 1 heterocycles. The highest BCUT2D eigenvalue weighted by atomic mass is 16.2. The van der Waals surface area contributed by atoms with Crippen LogP contribution in [0.4, 0.5) is 0 Å². The van der Waals surface area contributed by atoms with E-state index in [0.717, 1.165) is 19.5 Å². The molecule has 1 amide bonds. The molecule has 1 fully saturated rings. The highest BCUT2D eigenvalue weighted by Gasteiger charge is 2.22. The normalized spacial score (nSPS) is 18.3. The topological polar surface area (TPSA) is 32.1 Å². The minimum atomic E-state index is 0.173. The molecule has 3 nitrogen and oxygen atoms in total. The summed E-state index contributed by atoms with van der Waals surface area (Å²) in [4.78, 5) is 11.4. The molecule has 0 aromatic heterocycles. The molecule has 0 spiro atoms. The second-order valence-corrected chi connectivity index (χ2v) is 3.86. The molecule has 1 aliphatic rings. The van der Waals surface area contributed by atoms with Crippen LogP contribution in [0.3, 0.4) is 0 Å². The third-order valence-electron chi connectivity index (χ3n) is 2.40. The van der Waals surface area contributed by atoms with E-state index in [0.29, 0.717) is 0 Å². The van der Waals surface area contributed by atoms with Gasteiger partial charge in [-0.25, -0.2) is 5.01 Å². The van der Waals surface area contributed by atoms with Gasteiger partial charge in [-0.1, -0.05) is 33.1 Å². The second-order valence-electron chi connectivity index (χ2n) is 3.86.